The van der Waals surface area contributed by atoms with Crippen molar-refractivity contribution in [2.45, 2.75) is 4.90 Å². The summed E-state index contributed by atoms with van der Waals surface area (Å²) in [4.78, 5) is 4.70. The van der Waals surface area contributed by atoms with Gasteiger partial charge in [-0.15, -0.1) is 5.10 Å². The quantitative estimate of drug-likeness (QED) is 0.524. The third kappa shape index (κ3) is 3.72. The number of aromatic nitrogens is 3. The van der Waals surface area contributed by atoms with Crippen LogP contribution in [0.1, 0.15) is 0 Å². The van der Waals surface area contributed by atoms with Crippen LogP contribution in [-0.2, 0) is 10.0 Å². The standard InChI is InChI=1S/C20H18N4O4S/c1-27-18-9-8-14(17-13-24-19(21-17)10-11-20(22-24)28-2)12-16(18)23-29(25,26)15-6-4-3-5-7-15/h3-13,23H,1-2H3. The van der Waals surface area contributed by atoms with Crippen molar-refractivity contribution in [3.05, 3.63) is 66.9 Å². The molecule has 29 heavy (non-hydrogen) atoms. The second-order valence-corrected chi connectivity index (χ2v) is 7.82. The number of rotatable bonds is 6. The molecule has 0 saturated carbocycles. The molecule has 2 aromatic carbocycles. The Hall–Kier alpha value is -3.59. The first-order valence-electron chi connectivity index (χ1n) is 8.67. The molecule has 2 aromatic heterocycles. The summed E-state index contributed by atoms with van der Waals surface area (Å²) < 4.78 is 40.1. The molecule has 0 atom stereocenters. The van der Waals surface area contributed by atoms with Gasteiger partial charge >= 0.3 is 0 Å². The molecule has 0 radical (unpaired) electrons. The van der Waals surface area contributed by atoms with E-state index in [0.29, 0.717) is 34.2 Å². The van der Waals surface area contributed by atoms with E-state index < -0.39 is 10.0 Å². The maximum Gasteiger partial charge on any atom is 0.262 e. The fourth-order valence-electron chi connectivity index (χ4n) is 2.86. The largest absolute Gasteiger partial charge is 0.495 e. The van der Waals surface area contributed by atoms with Crippen LogP contribution in [0.5, 0.6) is 11.6 Å². The number of hydrogen-bond acceptors (Lipinski definition) is 6. The predicted molar refractivity (Wildman–Crippen MR) is 109 cm³/mol. The van der Waals surface area contributed by atoms with Gasteiger partial charge in [-0.2, -0.15) is 0 Å². The second-order valence-electron chi connectivity index (χ2n) is 6.14. The molecule has 9 heteroatoms. The van der Waals surface area contributed by atoms with Crippen LogP contribution >= 0.6 is 0 Å². The van der Waals surface area contributed by atoms with Gasteiger partial charge in [0.05, 0.1) is 36.7 Å². The minimum atomic E-state index is -3.76. The van der Waals surface area contributed by atoms with Crippen LogP contribution in [0, 0.1) is 0 Å². The molecule has 0 spiro atoms. The molecule has 4 rings (SSSR count). The Bertz CT molecular complexity index is 1270. The third-order valence-corrected chi connectivity index (χ3v) is 5.68. The number of anilines is 1. The molecule has 148 valence electrons. The van der Waals surface area contributed by atoms with Crippen molar-refractivity contribution in [2.75, 3.05) is 18.9 Å². The molecule has 4 aromatic rings. The number of methoxy groups -OCH3 is 2. The Morgan fingerprint density at radius 1 is 0.966 bits per heavy atom. The van der Waals surface area contributed by atoms with E-state index in [-0.39, 0.29) is 4.90 Å². The Morgan fingerprint density at radius 3 is 2.48 bits per heavy atom. The van der Waals surface area contributed by atoms with Gasteiger partial charge in [0, 0.05) is 11.6 Å². The number of benzene rings is 2. The Kier molecular flexibility index (Phi) is 4.81. The van der Waals surface area contributed by atoms with Gasteiger partial charge in [0.15, 0.2) is 5.65 Å². The van der Waals surface area contributed by atoms with Crippen LogP contribution < -0.4 is 14.2 Å². The summed E-state index contributed by atoms with van der Waals surface area (Å²) in [5.74, 6) is 0.865. The number of fused-ring (bicyclic) bond motifs is 1. The van der Waals surface area contributed by atoms with E-state index in [4.69, 9.17) is 9.47 Å². The van der Waals surface area contributed by atoms with Gasteiger partial charge in [0.1, 0.15) is 5.75 Å². The highest BCUT2D eigenvalue weighted by molar-refractivity contribution is 7.92. The second kappa shape index (κ2) is 7.44. The van der Waals surface area contributed by atoms with Crippen molar-refractivity contribution in [3.8, 4) is 22.9 Å². The molecule has 0 aliphatic carbocycles. The zero-order chi connectivity index (χ0) is 20.4. The van der Waals surface area contributed by atoms with Gasteiger partial charge in [0.2, 0.25) is 5.88 Å². The molecule has 0 unspecified atom stereocenters. The highest BCUT2D eigenvalue weighted by Gasteiger charge is 2.17. The number of nitrogens with zero attached hydrogens (tertiary/aromatic N) is 3. The summed E-state index contributed by atoms with van der Waals surface area (Å²) in [6.07, 6.45) is 1.75. The Balaban J connectivity index is 1.74. The summed E-state index contributed by atoms with van der Waals surface area (Å²) in [5.41, 5.74) is 2.30. The van der Waals surface area contributed by atoms with E-state index in [1.807, 2.05) is 0 Å². The highest BCUT2D eigenvalue weighted by atomic mass is 32.2. The van der Waals surface area contributed by atoms with E-state index in [2.05, 4.69) is 14.8 Å². The van der Waals surface area contributed by atoms with Crippen molar-refractivity contribution < 1.29 is 17.9 Å². The zero-order valence-corrected chi connectivity index (χ0v) is 16.6. The minimum Gasteiger partial charge on any atom is -0.495 e. The lowest BCUT2D eigenvalue weighted by Gasteiger charge is -2.13. The third-order valence-electron chi connectivity index (χ3n) is 4.30. The van der Waals surface area contributed by atoms with Crippen LogP contribution in [0.15, 0.2) is 71.8 Å². The normalized spacial score (nSPS) is 11.4. The van der Waals surface area contributed by atoms with Crippen molar-refractivity contribution in [3.63, 3.8) is 0 Å². The maximum atomic E-state index is 12.7. The SMILES string of the molecule is COc1ccc2nc(-c3ccc(OC)c(NS(=O)(=O)c4ccccc4)c3)cn2n1. The molecule has 1 N–H and O–H groups in total. The van der Waals surface area contributed by atoms with Gasteiger partial charge in [0.25, 0.3) is 10.0 Å². The number of ether oxygens (including phenoxy) is 2. The van der Waals surface area contributed by atoms with Crippen molar-refractivity contribution in [1.29, 1.82) is 0 Å². The molecule has 8 nitrogen and oxygen atoms in total. The lowest BCUT2D eigenvalue weighted by molar-refractivity contribution is 0.390. The number of hydrogen-bond donors (Lipinski definition) is 1. The van der Waals surface area contributed by atoms with Crippen molar-refractivity contribution in [2.24, 2.45) is 0 Å². The first kappa shape index (κ1) is 18.8. The number of sulfonamides is 1. The van der Waals surface area contributed by atoms with Crippen molar-refractivity contribution >= 4 is 21.4 Å². The smallest absolute Gasteiger partial charge is 0.262 e. The summed E-state index contributed by atoms with van der Waals surface area (Å²) in [6, 6.07) is 16.8. The van der Waals surface area contributed by atoms with Gasteiger partial charge in [-0.3, -0.25) is 4.72 Å². The van der Waals surface area contributed by atoms with Gasteiger partial charge < -0.3 is 9.47 Å². The fourth-order valence-corrected chi connectivity index (χ4v) is 3.95. The molecule has 0 amide bonds. The molecule has 2 heterocycles. The van der Waals surface area contributed by atoms with Crippen LogP contribution in [0.25, 0.3) is 16.9 Å². The van der Waals surface area contributed by atoms with E-state index in [1.54, 1.807) is 66.4 Å². The zero-order valence-electron chi connectivity index (χ0n) is 15.7. The molecule has 0 bridgehead atoms. The number of nitrogens with one attached hydrogen (secondary N) is 1. The molecular formula is C20H18N4O4S. The average Bonchev–Trinajstić information content (AvgIpc) is 3.17. The van der Waals surface area contributed by atoms with Crippen LogP contribution in [0.2, 0.25) is 0 Å². The van der Waals surface area contributed by atoms with Gasteiger partial charge in [-0.25, -0.2) is 17.9 Å². The van der Waals surface area contributed by atoms with E-state index in [0.717, 1.165) is 0 Å². The first-order valence-corrected chi connectivity index (χ1v) is 10.2. The number of imidazole rings is 1. The van der Waals surface area contributed by atoms with Gasteiger partial charge in [-0.1, -0.05) is 18.2 Å². The average molecular weight is 410 g/mol. The molecular weight excluding hydrogens is 392 g/mol. The van der Waals surface area contributed by atoms with E-state index in [9.17, 15) is 8.42 Å². The lowest BCUT2D eigenvalue weighted by atomic mass is 10.1. The predicted octanol–water partition coefficient (Wildman–Crippen LogP) is 3.21. The maximum absolute atomic E-state index is 12.7. The molecule has 0 aliphatic heterocycles. The molecule has 0 aliphatic rings. The Morgan fingerprint density at radius 2 is 1.76 bits per heavy atom. The van der Waals surface area contributed by atoms with Crippen LogP contribution in [0.3, 0.4) is 0 Å². The van der Waals surface area contributed by atoms with Crippen LogP contribution in [-0.4, -0.2) is 37.2 Å². The summed E-state index contributed by atoms with van der Waals surface area (Å²) in [6.45, 7) is 0. The summed E-state index contributed by atoms with van der Waals surface area (Å²) >= 11 is 0. The summed E-state index contributed by atoms with van der Waals surface area (Å²) in [5, 5.41) is 4.29. The van der Waals surface area contributed by atoms with E-state index in [1.165, 1.54) is 19.2 Å². The minimum absolute atomic E-state index is 0.163. The van der Waals surface area contributed by atoms with Crippen molar-refractivity contribution in [1.82, 2.24) is 14.6 Å². The van der Waals surface area contributed by atoms with Crippen LogP contribution in [0.4, 0.5) is 5.69 Å². The fraction of sp³-hybridized carbons (Fsp3) is 0.100. The van der Waals surface area contributed by atoms with E-state index >= 15 is 0 Å². The highest BCUT2D eigenvalue weighted by Crippen LogP contribution is 2.32. The summed E-state index contributed by atoms with van der Waals surface area (Å²) in [7, 11) is -0.738. The lowest BCUT2D eigenvalue weighted by Crippen LogP contribution is -2.13. The topological polar surface area (TPSA) is 94.8 Å². The monoisotopic (exact) mass is 410 g/mol. The molecule has 0 saturated heterocycles. The Labute approximate surface area is 167 Å². The first-order chi connectivity index (χ1) is 14.0. The molecule has 0 fully saturated rings. The van der Waals surface area contributed by atoms with Gasteiger partial charge in [-0.05, 0) is 36.4 Å².